The summed E-state index contributed by atoms with van der Waals surface area (Å²) in [6.07, 6.45) is 0. The van der Waals surface area contributed by atoms with Crippen molar-refractivity contribution in [1.29, 1.82) is 0 Å². The highest BCUT2D eigenvalue weighted by atomic mass is 79.9. The topological polar surface area (TPSA) is 88.7 Å². The predicted molar refractivity (Wildman–Crippen MR) is 134 cm³/mol. The summed E-state index contributed by atoms with van der Waals surface area (Å²) in [5.41, 5.74) is 7.32. The number of amides is 2. The molecule has 0 aromatic heterocycles. The average molecular weight is 528 g/mol. The van der Waals surface area contributed by atoms with Crippen LogP contribution in [0.25, 0.3) is 11.1 Å². The first-order chi connectivity index (χ1) is 16.0. The van der Waals surface area contributed by atoms with E-state index in [1.54, 1.807) is 30.3 Å². The van der Waals surface area contributed by atoms with E-state index in [9.17, 15) is 9.59 Å². The van der Waals surface area contributed by atoms with E-state index in [0.717, 1.165) is 15.6 Å². The van der Waals surface area contributed by atoms with Crippen LogP contribution in [0.2, 0.25) is 0 Å². The molecule has 3 rings (SSSR count). The summed E-state index contributed by atoms with van der Waals surface area (Å²) in [5.74, 6) is 0.0491. The Labute approximate surface area is 205 Å². The highest BCUT2D eigenvalue weighted by Gasteiger charge is 2.15. The van der Waals surface area contributed by atoms with Crippen molar-refractivity contribution >= 4 is 45.1 Å². The molecule has 0 heterocycles. The Morgan fingerprint density at radius 1 is 0.909 bits per heavy atom. The third kappa shape index (κ3) is 7.30. The van der Waals surface area contributed by atoms with Gasteiger partial charge in [-0.3, -0.25) is 25.8 Å². The number of hydrogen-bond acceptors (Lipinski definition) is 5. The molecule has 0 spiro atoms. The van der Waals surface area contributed by atoms with Gasteiger partial charge in [-0.25, -0.2) is 0 Å². The van der Waals surface area contributed by atoms with Gasteiger partial charge in [-0.2, -0.15) is 0 Å². The molecule has 0 unspecified atom stereocenters. The Hall–Kier alpha value is -3.43. The van der Waals surface area contributed by atoms with Crippen molar-refractivity contribution in [3.8, 4) is 22.6 Å². The number of thiocarbonyl (C=S) groups is 1. The van der Waals surface area contributed by atoms with Crippen LogP contribution < -0.4 is 25.6 Å². The van der Waals surface area contributed by atoms with Gasteiger partial charge in [-0.1, -0.05) is 58.4 Å². The molecule has 2 amide bonds. The summed E-state index contributed by atoms with van der Waals surface area (Å²) in [5, 5.41) is 2.43. The minimum atomic E-state index is -0.471. The van der Waals surface area contributed by atoms with Gasteiger partial charge in [0.25, 0.3) is 11.8 Å². The van der Waals surface area contributed by atoms with Gasteiger partial charge in [0.05, 0.1) is 12.2 Å². The molecule has 0 aliphatic rings. The number of nitrogens with one attached hydrogen (secondary N) is 3. The molecule has 0 bridgehead atoms. The molecule has 0 aliphatic heterocycles. The van der Waals surface area contributed by atoms with Gasteiger partial charge in [-0.05, 0) is 60.6 Å². The van der Waals surface area contributed by atoms with E-state index in [0.29, 0.717) is 23.7 Å². The number of ether oxygens (including phenoxy) is 2. The highest BCUT2D eigenvalue weighted by molar-refractivity contribution is 9.10. The van der Waals surface area contributed by atoms with Crippen molar-refractivity contribution in [3.05, 3.63) is 82.8 Å². The molecule has 9 heteroatoms. The summed E-state index contributed by atoms with van der Waals surface area (Å²) < 4.78 is 11.7. The molecule has 0 saturated carbocycles. The average Bonchev–Trinajstić information content (AvgIpc) is 2.83. The lowest BCUT2D eigenvalue weighted by Gasteiger charge is -2.13. The summed E-state index contributed by atoms with van der Waals surface area (Å²) in [6, 6.07) is 22.5. The molecule has 0 aliphatic carbocycles. The molecule has 170 valence electrons. The highest BCUT2D eigenvalue weighted by Crippen LogP contribution is 2.23. The van der Waals surface area contributed by atoms with E-state index >= 15 is 0 Å². The minimum Gasteiger partial charge on any atom is -0.493 e. The van der Waals surface area contributed by atoms with Crippen LogP contribution in [-0.2, 0) is 4.79 Å². The van der Waals surface area contributed by atoms with Gasteiger partial charge in [0.15, 0.2) is 11.7 Å². The van der Waals surface area contributed by atoms with E-state index < -0.39 is 11.8 Å². The van der Waals surface area contributed by atoms with Crippen LogP contribution in [0.4, 0.5) is 0 Å². The SMILES string of the molecule is CCOc1ccc(Br)cc1C(=O)NC(=S)NNC(=O)COc1ccc(-c2ccccc2)cc1. The molecule has 33 heavy (non-hydrogen) atoms. The van der Waals surface area contributed by atoms with Gasteiger partial charge in [0.2, 0.25) is 0 Å². The second-order valence-electron chi connectivity index (χ2n) is 6.71. The summed E-state index contributed by atoms with van der Waals surface area (Å²) >= 11 is 8.41. The number of rotatable bonds is 7. The Morgan fingerprint density at radius 2 is 1.61 bits per heavy atom. The zero-order chi connectivity index (χ0) is 23.6. The molecule has 0 radical (unpaired) electrons. The summed E-state index contributed by atoms with van der Waals surface area (Å²) in [7, 11) is 0. The predicted octanol–water partition coefficient (Wildman–Crippen LogP) is 4.23. The number of hydrazine groups is 1. The van der Waals surface area contributed by atoms with E-state index in [4.69, 9.17) is 21.7 Å². The fourth-order valence-electron chi connectivity index (χ4n) is 2.85. The summed E-state index contributed by atoms with van der Waals surface area (Å²) in [6.45, 7) is 2.01. The molecule has 0 fully saturated rings. The van der Waals surface area contributed by atoms with Crippen molar-refractivity contribution in [2.45, 2.75) is 6.92 Å². The van der Waals surface area contributed by atoms with Crippen molar-refractivity contribution in [1.82, 2.24) is 16.2 Å². The second-order valence-corrected chi connectivity index (χ2v) is 8.03. The van der Waals surface area contributed by atoms with E-state index in [-0.39, 0.29) is 11.7 Å². The van der Waals surface area contributed by atoms with Gasteiger partial charge in [-0.15, -0.1) is 0 Å². The smallest absolute Gasteiger partial charge is 0.276 e. The van der Waals surface area contributed by atoms with E-state index in [1.807, 2.05) is 49.4 Å². The van der Waals surface area contributed by atoms with Crippen molar-refractivity contribution in [3.63, 3.8) is 0 Å². The Morgan fingerprint density at radius 3 is 2.30 bits per heavy atom. The normalized spacial score (nSPS) is 10.1. The van der Waals surface area contributed by atoms with Gasteiger partial charge in [0.1, 0.15) is 11.5 Å². The van der Waals surface area contributed by atoms with Crippen LogP contribution in [-0.4, -0.2) is 30.1 Å². The number of carbonyl (C=O) groups excluding carboxylic acids is 2. The minimum absolute atomic E-state index is 0.0667. The maximum absolute atomic E-state index is 12.5. The Kier molecular flexibility index (Phi) is 8.79. The maximum atomic E-state index is 12.5. The number of carbonyl (C=O) groups is 2. The molecule has 3 aromatic carbocycles. The lowest BCUT2D eigenvalue weighted by molar-refractivity contribution is -0.123. The molecular weight excluding hydrogens is 506 g/mol. The van der Waals surface area contributed by atoms with Gasteiger partial charge in [0, 0.05) is 4.47 Å². The Balaban J connectivity index is 1.45. The van der Waals surface area contributed by atoms with Crippen LogP contribution in [0, 0.1) is 0 Å². The van der Waals surface area contributed by atoms with Gasteiger partial charge < -0.3 is 9.47 Å². The number of halogens is 1. The molecular formula is C24H22BrN3O4S. The molecule has 7 nitrogen and oxygen atoms in total. The third-order valence-electron chi connectivity index (χ3n) is 4.36. The maximum Gasteiger partial charge on any atom is 0.276 e. The quantitative estimate of drug-likeness (QED) is 0.314. The van der Waals surface area contributed by atoms with Crippen LogP contribution in [0.15, 0.2) is 77.3 Å². The third-order valence-corrected chi connectivity index (χ3v) is 5.06. The molecule has 3 N–H and O–H groups in total. The molecule has 3 aromatic rings. The van der Waals surface area contributed by atoms with Crippen molar-refractivity contribution in [2.75, 3.05) is 13.2 Å². The van der Waals surface area contributed by atoms with Crippen LogP contribution >= 0.6 is 28.1 Å². The second kappa shape index (κ2) is 12.0. The van der Waals surface area contributed by atoms with E-state index in [2.05, 4.69) is 32.1 Å². The monoisotopic (exact) mass is 527 g/mol. The number of benzene rings is 3. The summed E-state index contributed by atoms with van der Waals surface area (Å²) in [4.78, 5) is 24.6. The first kappa shape index (κ1) is 24.2. The van der Waals surface area contributed by atoms with E-state index in [1.165, 1.54) is 0 Å². The zero-order valence-electron chi connectivity index (χ0n) is 17.8. The van der Waals surface area contributed by atoms with Crippen LogP contribution in [0.5, 0.6) is 11.5 Å². The first-order valence-corrected chi connectivity index (χ1v) is 11.3. The lowest BCUT2D eigenvalue weighted by atomic mass is 10.1. The number of hydrogen-bond donors (Lipinski definition) is 3. The largest absolute Gasteiger partial charge is 0.493 e. The standard InChI is InChI=1S/C24H22BrN3O4S/c1-2-31-21-13-10-18(25)14-20(21)23(30)26-24(33)28-27-22(29)15-32-19-11-8-17(9-12-19)16-6-4-3-5-7-16/h3-14H,2,15H2,1H3,(H,27,29)(H2,26,28,30,33). The molecule has 0 atom stereocenters. The van der Waals surface area contributed by atoms with Crippen molar-refractivity contribution in [2.24, 2.45) is 0 Å². The first-order valence-electron chi connectivity index (χ1n) is 10.1. The fraction of sp³-hybridized carbons (Fsp3) is 0.125. The lowest BCUT2D eigenvalue weighted by Crippen LogP contribution is -2.49. The fourth-order valence-corrected chi connectivity index (χ4v) is 3.35. The van der Waals surface area contributed by atoms with Crippen LogP contribution in [0.3, 0.4) is 0 Å². The Bertz CT molecular complexity index is 1120. The van der Waals surface area contributed by atoms with Crippen LogP contribution in [0.1, 0.15) is 17.3 Å². The van der Waals surface area contributed by atoms with Crippen molar-refractivity contribution < 1.29 is 19.1 Å². The van der Waals surface area contributed by atoms with Gasteiger partial charge >= 0.3 is 0 Å². The zero-order valence-corrected chi connectivity index (χ0v) is 20.2. The molecule has 0 saturated heterocycles.